The van der Waals surface area contributed by atoms with Crippen molar-refractivity contribution in [1.29, 1.82) is 0 Å². The van der Waals surface area contributed by atoms with Crippen molar-refractivity contribution in [2.24, 2.45) is 0 Å². The summed E-state index contributed by atoms with van der Waals surface area (Å²) in [5, 5.41) is 4.37. The van der Waals surface area contributed by atoms with E-state index < -0.39 is 11.1 Å². The van der Waals surface area contributed by atoms with Crippen LogP contribution in [0.3, 0.4) is 0 Å². The number of unbranched alkanes of at least 4 members (excludes halogenated alkanes) is 4. The molecule has 0 aliphatic carbocycles. The molecule has 4 aromatic rings. The lowest BCUT2D eigenvalue weighted by Gasteiger charge is -2.16. The highest BCUT2D eigenvalue weighted by Gasteiger charge is 2.33. The average molecular weight is 547 g/mol. The van der Waals surface area contributed by atoms with Crippen molar-refractivity contribution in [3.63, 3.8) is 0 Å². The number of amides is 1. The van der Waals surface area contributed by atoms with Gasteiger partial charge in [-0.1, -0.05) is 68.2 Å². The quantitative estimate of drug-likeness (QED) is 0.281. The van der Waals surface area contributed by atoms with Gasteiger partial charge in [0.15, 0.2) is 11.5 Å². The summed E-state index contributed by atoms with van der Waals surface area (Å²) in [5.74, 6) is 0.886. The lowest BCUT2D eigenvalue weighted by Crippen LogP contribution is -2.33. The predicted molar refractivity (Wildman–Crippen MR) is 151 cm³/mol. The number of thiazole rings is 1. The van der Waals surface area contributed by atoms with Crippen LogP contribution in [0, 0.1) is 0 Å². The SMILES string of the molecule is CCCCCCCN1C(=O)C(=c2sc3nc(=O)c(Cc4ccc(OC)c(OC)c4)nn3c2=O)c2ccccc21. The summed E-state index contributed by atoms with van der Waals surface area (Å²) in [7, 11) is 3.08. The molecule has 1 aliphatic rings. The van der Waals surface area contributed by atoms with E-state index in [4.69, 9.17) is 9.47 Å². The Morgan fingerprint density at radius 2 is 1.69 bits per heavy atom. The first-order chi connectivity index (χ1) is 19.0. The second-order valence-electron chi connectivity index (χ2n) is 9.42. The van der Waals surface area contributed by atoms with Gasteiger partial charge in [-0.05, 0) is 30.2 Å². The second-order valence-corrected chi connectivity index (χ2v) is 10.4. The minimum atomic E-state index is -0.519. The molecule has 9 nitrogen and oxygen atoms in total. The molecular weight excluding hydrogens is 516 g/mol. The molecule has 1 aliphatic heterocycles. The minimum absolute atomic E-state index is 0.123. The van der Waals surface area contributed by atoms with Gasteiger partial charge in [0.25, 0.3) is 17.0 Å². The van der Waals surface area contributed by atoms with Gasteiger partial charge < -0.3 is 14.4 Å². The molecule has 2 aromatic heterocycles. The number of carbonyl (C=O) groups excluding carboxylic acids is 1. The fourth-order valence-electron chi connectivity index (χ4n) is 4.88. The summed E-state index contributed by atoms with van der Waals surface area (Å²) >= 11 is 1.02. The molecule has 3 heterocycles. The Kier molecular flexibility index (Phi) is 7.74. The first kappa shape index (κ1) is 26.6. The Bertz CT molecular complexity index is 1710. The number of nitrogens with zero attached hydrogens (tertiary/aromatic N) is 4. The zero-order chi connectivity index (χ0) is 27.5. The monoisotopic (exact) mass is 546 g/mol. The van der Waals surface area contributed by atoms with Crippen molar-refractivity contribution in [2.75, 3.05) is 25.7 Å². The van der Waals surface area contributed by atoms with Crippen LogP contribution in [-0.2, 0) is 11.2 Å². The third-order valence-corrected chi connectivity index (χ3v) is 7.91. The Hall–Kier alpha value is -4.05. The maximum absolute atomic E-state index is 13.6. The van der Waals surface area contributed by atoms with E-state index in [1.165, 1.54) is 13.5 Å². The van der Waals surface area contributed by atoms with Crippen molar-refractivity contribution in [3.8, 4) is 11.5 Å². The molecule has 0 atom stereocenters. The van der Waals surface area contributed by atoms with Crippen LogP contribution in [0.4, 0.5) is 5.69 Å². The molecule has 0 saturated heterocycles. The highest BCUT2D eigenvalue weighted by molar-refractivity contribution is 7.15. The van der Waals surface area contributed by atoms with Crippen molar-refractivity contribution in [1.82, 2.24) is 14.6 Å². The molecule has 2 aromatic carbocycles. The number of aromatic nitrogens is 3. The molecule has 5 rings (SSSR count). The molecule has 0 radical (unpaired) electrons. The Balaban J connectivity index is 1.54. The first-order valence-corrected chi connectivity index (χ1v) is 13.9. The van der Waals surface area contributed by atoms with Crippen LogP contribution in [0.2, 0.25) is 0 Å². The fraction of sp³-hybridized carbons (Fsp3) is 0.345. The smallest absolute Gasteiger partial charge is 0.296 e. The number of anilines is 1. The molecule has 0 spiro atoms. The van der Waals surface area contributed by atoms with Gasteiger partial charge in [0.05, 0.1) is 25.5 Å². The zero-order valence-corrected chi connectivity index (χ0v) is 23.0. The van der Waals surface area contributed by atoms with E-state index in [-0.39, 0.29) is 27.5 Å². The summed E-state index contributed by atoms with van der Waals surface area (Å²) in [6.07, 6.45) is 5.56. The van der Waals surface area contributed by atoms with E-state index in [0.29, 0.717) is 29.2 Å². The number of hydrogen-bond acceptors (Lipinski definition) is 8. The number of para-hydroxylation sites is 1. The predicted octanol–water partition coefficient (Wildman–Crippen LogP) is 3.35. The molecule has 1 amide bonds. The Morgan fingerprint density at radius 1 is 0.923 bits per heavy atom. The van der Waals surface area contributed by atoms with Crippen molar-refractivity contribution in [2.45, 2.75) is 45.4 Å². The van der Waals surface area contributed by atoms with Crippen LogP contribution < -0.4 is 30.0 Å². The second kappa shape index (κ2) is 11.4. The first-order valence-electron chi connectivity index (χ1n) is 13.1. The molecule has 0 fully saturated rings. The Labute approximate surface area is 229 Å². The van der Waals surface area contributed by atoms with Gasteiger partial charge in [0.2, 0.25) is 4.96 Å². The summed E-state index contributed by atoms with van der Waals surface area (Å²) in [6.45, 7) is 2.76. The van der Waals surface area contributed by atoms with Crippen molar-refractivity contribution >= 4 is 33.5 Å². The van der Waals surface area contributed by atoms with Crippen LogP contribution in [0.1, 0.15) is 55.8 Å². The summed E-state index contributed by atoms with van der Waals surface area (Å²) in [6, 6.07) is 12.8. The van der Waals surface area contributed by atoms with Crippen LogP contribution >= 0.6 is 11.3 Å². The normalized spacial score (nSPS) is 14.2. The van der Waals surface area contributed by atoms with Gasteiger partial charge in [-0.25, -0.2) is 0 Å². The minimum Gasteiger partial charge on any atom is -0.493 e. The maximum atomic E-state index is 13.6. The van der Waals surface area contributed by atoms with Gasteiger partial charge in [-0.15, -0.1) is 0 Å². The molecule has 0 saturated carbocycles. The highest BCUT2D eigenvalue weighted by Crippen LogP contribution is 2.35. The van der Waals surface area contributed by atoms with Gasteiger partial charge in [0.1, 0.15) is 10.2 Å². The van der Waals surface area contributed by atoms with Crippen LogP contribution in [-0.4, -0.2) is 41.3 Å². The average Bonchev–Trinajstić information content (AvgIpc) is 3.40. The lowest BCUT2D eigenvalue weighted by atomic mass is 10.1. The van der Waals surface area contributed by atoms with Gasteiger partial charge in [-0.3, -0.25) is 14.4 Å². The van der Waals surface area contributed by atoms with Crippen LogP contribution in [0.15, 0.2) is 52.1 Å². The lowest BCUT2D eigenvalue weighted by molar-refractivity contribution is -0.113. The van der Waals surface area contributed by atoms with Crippen molar-refractivity contribution < 1.29 is 14.3 Å². The molecule has 10 heteroatoms. The van der Waals surface area contributed by atoms with Gasteiger partial charge in [0, 0.05) is 18.5 Å². The molecular formula is C29H30N4O5S. The fourth-order valence-corrected chi connectivity index (χ4v) is 5.88. The molecule has 202 valence electrons. The zero-order valence-electron chi connectivity index (χ0n) is 22.2. The number of fused-ring (bicyclic) bond motifs is 2. The molecule has 0 unspecified atom stereocenters. The number of rotatable bonds is 10. The van der Waals surface area contributed by atoms with E-state index in [1.807, 2.05) is 24.3 Å². The van der Waals surface area contributed by atoms with Crippen molar-refractivity contribution in [3.05, 3.63) is 84.5 Å². The van der Waals surface area contributed by atoms with E-state index in [2.05, 4.69) is 17.0 Å². The number of carbonyl (C=O) groups is 1. The van der Waals surface area contributed by atoms with Gasteiger partial charge >= 0.3 is 0 Å². The maximum Gasteiger partial charge on any atom is 0.296 e. The van der Waals surface area contributed by atoms with Crippen LogP contribution in [0.5, 0.6) is 11.5 Å². The highest BCUT2D eigenvalue weighted by atomic mass is 32.1. The third-order valence-electron chi connectivity index (χ3n) is 6.88. The largest absolute Gasteiger partial charge is 0.493 e. The van der Waals surface area contributed by atoms with E-state index in [0.717, 1.165) is 52.8 Å². The molecule has 0 bridgehead atoms. The van der Waals surface area contributed by atoms with E-state index >= 15 is 0 Å². The third kappa shape index (κ3) is 5.04. The summed E-state index contributed by atoms with van der Waals surface area (Å²) in [4.78, 5) is 46.1. The van der Waals surface area contributed by atoms with E-state index in [1.54, 1.807) is 30.2 Å². The summed E-state index contributed by atoms with van der Waals surface area (Å²) < 4.78 is 12.0. The molecule has 0 N–H and O–H groups in total. The van der Waals surface area contributed by atoms with Crippen LogP contribution in [0.25, 0.3) is 10.5 Å². The number of methoxy groups -OCH3 is 2. The standard InChI is InChI=1S/C29H30N4O5S/c1-4-5-6-7-10-15-32-21-12-9-8-11-19(21)24(27(32)35)25-28(36)33-29(39-25)30-26(34)20(31-33)16-18-13-14-22(37-2)23(17-18)38-3/h8-9,11-14,17H,4-7,10,15-16H2,1-3H3. The number of benzene rings is 2. The number of hydrogen-bond donors (Lipinski definition) is 0. The summed E-state index contributed by atoms with van der Waals surface area (Å²) in [5.41, 5.74) is 1.76. The Morgan fingerprint density at radius 3 is 2.46 bits per heavy atom. The van der Waals surface area contributed by atoms with Gasteiger partial charge in [-0.2, -0.15) is 14.6 Å². The topological polar surface area (TPSA) is 103 Å². The van der Waals surface area contributed by atoms with E-state index in [9.17, 15) is 14.4 Å². The molecule has 39 heavy (non-hydrogen) atoms. The number of ether oxygens (including phenoxy) is 2.